The summed E-state index contributed by atoms with van der Waals surface area (Å²) in [7, 11) is 0. The van der Waals surface area contributed by atoms with Gasteiger partial charge in [-0.3, -0.25) is 4.90 Å². The van der Waals surface area contributed by atoms with E-state index in [-0.39, 0.29) is 0 Å². The number of rotatable bonds is 4. The number of hydrogen-bond acceptors (Lipinski definition) is 5. The van der Waals surface area contributed by atoms with Gasteiger partial charge in [-0.2, -0.15) is 5.26 Å². The molecule has 1 aromatic carbocycles. The molecule has 3 rings (SSSR count). The van der Waals surface area contributed by atoms with E-state index < -0.39 is 6.10 Å². The minimum atomic E-state index is -0.465. The van der Waals surface area contributed by atoms with Gasteiger partial charge in [0.2, 0.25) is 0 Å². The first-order valence-corrected chi connectivity index (χ1v) is 8.25. The predicted octanol–water partition coefficient (Wildman–Crippen LogP) is 2.20. The Morgan fingerprint density at radius 2 is 2.04 bits per heavy atom. The van der Waals surface area contributed by atoms with Crippen molar-refractivity contribution in [2.24, 2.45) is 0 Å². The summed E-state index contributed by atoms with van der Waals surface area (Å²) in [5, 5.41) is 19.3. The van der Waals surface area contributed by atoms with Gasteiger partial charge in [0.05, 0.1) is 11.7 Å². The molecule has 2 atom stereocenters. The number of hydrogen-bond donors (Lipinski definition) is 1. The molecule has 1 fully saturated rings. The summed E-state index contributed by atoms with van der Waals surface area (Å²) in [6.45, 7) is 5.42. The molecule has 0 saturated carbocycles. The van der Waals surface area contributed by atoms with Crippen molar-refractivity contribution in [2.75, 3.05) is 31.1 Å². The van der Waals surface area contributed by atoms with Gasteiger partial charge in [0.15, 0.2) is 0 Å². The average Bonchev–Trinajstić information content (AvgIpc) is 2.64. The number of β-amino-alcohol motifs (C(OH)–C–C–N with tert-alkyl or cyclic N) is 1. The molecule has 5 nitrogen and oxygen atoms in total. The molecule has 0 radical (unpaired) electrons. The molecule has 1 saturated heterocycles. The number of aliphatic hydroxyl groups is 1. The van der Waals surface area contributed by atoms with E-state index >= 15 is 0 Å². The molecule has 1 aliphatic rings. The van der Waals surface area contributed by atoms with E-state index in [4.69, 9.17) is 5.26 Å². The van der Waals surface area contributed by atoms with Crippen molar-refractivity contribution in [1.29, 1.82) is 5.26 Å². The Kier molecular flexibility index (Phi) is 5.09. The second-order valence-corrected chi connectivity index (χ2v) is 6.23. The van der Waals surface area contributed by atoms with Gasteiger partial charge in [-0.25, -0.2) is 4.98 Å². The largest absolute Gasteiger partial charge is 0.387 e. The third-order valence-electron chi connectivity index (χ3n) is 4.56. The van der Waals surface area contributed by atoms with E-state index in [9.17, 15) is 5.11 Å². The molecule has 2 unspecified atom stereocenters. The second-order valence-electron chi connectivity index (χ2n) is 6.23. The van der Waals surface area contributed by atoms with Crippen LogP contribution in [0.1, 0.15) is 24.2 Å². The van der Waals surface area contributed by atoms with E-state index in [1.54, 1.807) is 12.3 Å². The minimum Gasteiger partial charge on any atom is -0.387 e. The first-order valence-electron chi connectivity index (χ1n) is 8.25. The fourth-order valence-corrected chi connectivity index (χ4v) is 3.12. The topological polar surface area (TPSA) is 63.4 Å². The van der Waals surface area contributed by atoms with E-state index in [1.165, 1.54) is 0 Å². The molecule has 124 valence electrons. The Morgan fingerprint density at radius 3 is 2.67 bits per heavy atom. The third-order valence-corrected chi connectivity index (χ3v) is 4.56. The average molecular weight is 322 g/mol. The Bertz CT molecular complexity index is 696. The summed E-state index contributed by atoms with van der Waals surface area (Å²) in [5.41, 5.74) is 1.54. The Hall–Kier alpha value is -2.42. The van der Waals surface area contributed by atoms with Gasteiger partial charge in [0, 0.05) is 38.4 Å². The number of pyridine rings is 1. The molecule has 0 amide bonds. The van der Waals surface area contributed by atoms with Crippen molar-refractivity contribution in [3.05, 3.63) is 59.8 Å². The van der Waals surface area contributed by atoms with Gasteiger partial charge in [-0.15, -0.1) is 0 Å². The molecule has 5 heteroatoms. The standard InChI is InChI=1S/C19H22N4O/c1-15-13-23(19-8-7-16(11-20)12-21-19)10-9-22(15)14-18(24)17-5-3-2-4-6-17/h2-8,12,15,18,24H,9-10,13-14H2,1H3. The van der Waals surface area contributed by atoms with Crippen LogP contribution in [0.2, 0.25) is 0 Å². The van der Waals surface area contributed by atoms with Crippen LogP contribution in [0.25, 0.3) is 0 Å². The number of benzene rings is 1. The summed E-state index contributed by atoms with van der Waals surface area (Å²) < 4.78 is 0. The lowest BCUT2D eigenvalue weighted by Gasteiger charge is -2.41. The summed E-state index contributed by atoms with van der Waals surface area (Å²) in [5.74, 6) is 0.907. The quantitative estimate of drug-likeness (QED) is 0.935. The van der Waals surface area contributed by atoms with Gasteiger partial charge < -0.3 is 10.0 Å². The SMILES string of the molecule is CC1CN(c2ccc(C#N)cn2)CCN1CC(O)c1ccccc1. The van der Waals surface area contributed by atoms with Gasteiger partial charge in [-0.05, 0) is 24.6 Å². The number of nitriles is 1. The molecule has 0 spiro atoms. The molecule has 1 N–H and O–H groups in total. The Morgan fingerprint density at radius 1 is 1.25 bits per heavy atom. The van der Waals surface area contributed by atoms with Crippen LogP contribution in [0.3, 0.4) is 0 Å². The summed E-state index contributed by atoms with van der Waals surface area (Å²) in [6.07, 6.45) is 1.15. The van der Waals surface area contributed by atoms with Crippen LogP contribution in [0.15, 0.2) is 48.7 Å². The van der Waals surface area contributed by atoms with Crippen LogP contribution in [-0.4, -0.2) is 47.2 Å². The molecule has 0 aliphatic carbocycles. The number of nitrogens with zero attached hydrogens (tertiary/aromatic N) is 4. The van der Waals surface area contributed by atoms with Gasteiger partial charge in [-0.1, -0.05) is 30.3 Å². The number of aliphatic hydroxyl groups excluding tert-OH is 1. The maximum absolute atomic E-state index is 10.4. The molecular formula is C19H22N4O. The fraction of sp³-hybridized carbons (Fsp3) is 0.368. The number of anilines is 1. The minimum absolute atomic E-state index is 0.328. The van der Waals surface area contributed by atoms with Crippen LogP contribution >= 0.6 is 0 Å². The number of piperazine rings is 1. The molecule has 2 aromatic rings. The lowest BCUT2D eigenvalue weighted by molar-refractivity contribution is 0.0848. The molecule has 0 bridgehead atoms. The van der Waals surface area contributed by atoms with E-state index in [2.05, 4.69) is 27.8 Å². The van der Waals surface area contributed by atoms with Gasteiger partial charge in [0.25, 0.3) is 0 Å². The van der Waals surface area contributed by atoms with Gasteiger partial charge in [0.1, 0.15) is 11.9 Å². The third kappa shape index (κ3) is 3.73. The Balaban J connectivity index is 1.59. The van der Waals surface area contributed by atoms with E-state index in [0.29, 0.717) is 18.2 Å². The fourth-order valence-electron chi connectivity index (χ4n) is 3.12. The summed E-state index contributed by atoms with van der Waals surface area (Å²) >= 11 is 0. The van der Waals surface area contributed by atoms with Crippen molar-refractivity contribution < 1.29 is 5.11 Å². The molecule has 24 heavy (non-hydrogen) atoms. The zero-order valence-electron chi connectivity index (χ0n) is 13.8. The predicted molar refractivity (Wildman–Crippen MR) is 93.6 cm³/mol. The smallest absolute Gasteiger partial charge is 0.128 e. The van der Waals surface area contributed by atoms with Crippen LogP contribution in [0, 0.1) is 11.3 Å². The highest BCUT2D eigenvalue weighted by molar-refractivity contribution is 5.42. The van der Waals surface area contributed by atoms with Crippen molar-refractivity contribution in [3.63, 3.8) is 0 Å². The highest BCUT2D eigenvalue weighted by Gasteiger charge is 2.26. The summed E-state index contributed by atoms with van der Waals surface area (Å²) in [6, 6.07) is 15.9. The van der Waals surface area contributed by atoms with Crippen molar-refractivity contribution in [1.82, 2.24) is 9.88 Å². The van der Waals surface area contributed by atoms with E-state index in [0.717, 1.165) is 31.0 Å². The van der Waals surface area contributed by atoms with Crippen LogP contribution in [-0.2, 0) is 0 Å². The lowest BCUT2D eigenvalue weighted by atomic mass is 10.1. The molecule has 1 aliphatic heterocycles. The maximum Gasteiger partial charge on any atom is 0.128 e. The normalized spacial score (nSPS) is 19.7. The highest BCUT2D eigenvalue weighted by Crippen LogP contribution is 2.20. The van der Waals surface area contributed by atoms with Gasteiger partial charge >= 0.3 is 0 Å². The van der Waals surface area contributed by atoms with Crippen molar-refractivity contribution in [2.45, 2.75) is 19.1 Å². The molecule has 1 aromatic heterocycles. The first-order chi connectivity index (χ1) is 11.7. The van der Waals surface area contributed by atoms with Crippen LogP contribution in [0.4, 0.5) is 5.82 Å². The molecule has 2 heterocycles. The van der Waals surface area contributed by atoms with E-state index in [1.807, 2.05) is 36.4 Å². The number of aromatic nitrogens is 1. The maximum atomic E-state index is 10.4. The lowest BCUT2D eigenvalue weighted by Crippen LogP contribution is -2.53. The van der Waals surface area contributed by atoms with Crippen LogP contribution < -0.4 is 4.90 Å². The zero-order chi connectivity index (χ0) is 16.9. The zero-order valence-corrected chi connectivity index (χ0v) is 13.8. The monoisotopic (exact) mass is 322 g/mol. The first kappa shape index (κ1) is 16.4. The van der Waals surface area contributed by atoms with Crippen LogP contribution in [0.5, 0.6) is 0 Å². The van der Waals surface area contributed by atoms with Crippen molar-refractivity contribution >= 4 is 5.82 Å². The molecular weight excluding hydrogens is 300 g/mol. The Labute approximate surface area is 142 Å². The summed E-state index contributed by atoms with van der Waals surface area (Å²) in [4.78, 5) is 8.93. The highest BCUT2D eigenvalue weighted by atomic mass is 16.3. The second kappa shape index (κ2) is 7.43. The van der Waals surface area contributed by atoms with Crippen molar-refractivity contribution in [3.8, 4) is 6.07 Å².